The van der Waals surface area contributed by atoms with Crippen LogP contribution in [0.25, 0.3) is 0 Å². The van der Waals surface area contributed by atoms with Crippen LogP contribution in [0.2, 0.25) is 0 Å². The van der Waals surface area contributed by atoms with E-state index in [0.717, 1.165) is 38.9 Å². The lowest BCUT2D eigenvalue weighted by Gasteiger charge is -2.24. The Kier molecular flexibility index (Phi) is 5.28. The zero-order chi connectivity index (χ0) is 13.7. The Bertz CT molecular complexity index is 389. The summed E-state index contributed by atoms with van der Waals surface area (Å²) in [6, 6.07) is 4.51. The zero-order valence-electron chi connectivity index (χ0n) is 11.5. The van der Waals surface area contributed by atoms with Crippen LogP contribution < -0.4 is 5.32 Å². The Morgan fingerprint density at radius 2 is 2.05 bits per heavy atom. The molecular formula is C15H22F2N2. The summed E-state index contributed by atoms with van der Waals surface area (Å²) in [5.41, 5.74) is 0.194. The molecule has 0 spiro atoms. The van der Waals surface area contributed by atoms with Crippen molar-refractivity contribution < 1.29 is 8.78 Å². The van der Waals surface area contributed by atoms with Gasteiger partial charge in [0.2, 0.25) is 0 Å². The number of hydrogen-bond acceptors (Lipinski definition) is 2. The highest BCUT2D eigenvalue weighted by molar-refractivity contribution is 5.19. The molecule has 0 bridgehead atoms. The molecule has 1 aliphatic rings. The highest BCUT2D eigenvalue weighted by Gasteiger charge is 2.19. The molecule has 1 aliphatic heterocycles. The van der Waals surface area contributed by atoms with E-state index in [9.17, 15) is 8.78 Å². The molecule has 1 unspecified atom stereocenters. The molecule has 1 aromatic carbocycles. The van der Waals surface area contributed by atoms with Gasteiger partial charge in [-0.1, -0.05) is 19.4 Å². The van der Waals surface area contributed by atoms with Crippen LogP contribution in [-0.4, -0.2) is 30.6 Å². The molecule has 0 aromatic heterocycles. The molecule has 1 atom stereocenters. The normalized spacial score (nSPS) is 21.3. The minimum atomic E-state index is -0.441. The first-order valence-corrected chi connectivity index (χ1v) is 7.09. The molecular weight excluding hydrogens is 246 g/mol. The highest BCUT2D eigenvalue weighted by atomic mass is 19.1. The van der Waals surface area contributed by atoms with Crippen LogP contribution in [0, 0.1) is 11.6 Å². The lowest BCUT2D eigenvalue weighted by molar-refractivity contribution is 0.248. The second-order valence-electron chi connectivity index (χ2n) is 5.23. The quantitative estimate of drug-likeness (QED) is 0.903. The zero-order valence-corrected chi connectivity index (χ0v) is 11.5. The van der Waals surface area contributed by atoms with E-state index in [4.69, 9.17) is 0 Å². The van der Waals surface area contributed by atoms with E-state index >= 15 is 0 Å². The number of nitrogens with zero attached hydrogens (tertiary/aromatic N) is 1. The van der Waals surface area contributed by atoms with Gasteiger partial charge in [-0.25, -0.2) is 8.78 Å². The van der Waals surface area contributed by atoms with Gasteiger partial charge in [0.05, 0.1) is 0 Å². The topological polar surface area (TPSA) is 15.3 Å². The van der Waals surface area contributed by atoms with E-state index in [-0.39, 0.29) is 5.56 Å². The Labute approximate surface area is 113 Å². The van der Waals surface area contributed by atoms with Gasteiger partial charge in [0.15, 0.2) is 0 Å². The molecule has 4 heteroatoms. The van der Waals surface area contributed by atoms with Crippen molar-refractivity contribution in [1.82, 2.24) is 10.2 Å². The van der Waals surface area contributed by atoms with Gasteiger partial charge in [-0.2, -0.15) is 0 Å². The molecule has 0 saturated carbocycles. The van der Waals surface area contributed by atoms with Crippen molar-refractivity contribution in [2.75, 3.05) is 19.6 Å². The lowest BCUT2D eigenvalue weighted by atomic mass is 10.1. The monoisotopic (exact) mass is 268 g/mol. The van der Waals surface area contributed by atoms with Crippen molar-refractivity contribution in [3.8, 4) is 0 Å². The maximum atomic E-state index is 13.7. The summed E-state index contributed by atoms with van der Waals surface area (Å²) in [5, 5.41) is 3.50. The maximum Gasteiger partial charge on any atom is 0.130 e. The fraction of sp³-hybridized carbons (Fsp3) is 0.600. The van der Waals surface area contributed by atoms with E-state index in [1.165, 1.54) is 18.2 Å². The highest BCUT2D eigenvalue weighted by Crippen LogP contribution is 2.16. The average Bonchev–Trinajstić information content (AvgIpc) is 2.60. The average molecular weight is 268 g/mol. The van der Waals surface area contributed by atoms with E-state index in [0.29, 0.717) is 12.6 Å². The predicted octanol–water partition coefficient (Wildman–Crippen LogP) is 2.93. The van der Waals surface area contributed by atoms with Crippen molar-refractivity contribution in [3.63, 3.8) is 0 Å². The van der Waals surface area contributed by atoms with Gasteiger partial charge >= 0.3 is 0 Å². The van der Waals surface area contributed by atoms with Crippen molar-refractivity contribution in [3.05, 3.63) is 35.4 Å². The van der Waals surface area contributed by atoms with Crippen LogP contribution in [0.5, 0.6) is 0 Å². The van der Waals surface area contributed by atoms with Gasteiger partial charge in [-0.3, -0.25) is 4.90 Å². The first-order chi connectivity index (χ1) is 9.20. The molecule has 0 amide bonds. The molecule has 106 valence electrons. The largest absolute Gasteiger partial charge is 0.313 e. The number of nitrogens with one attached hydrogen (secondary N) is 1. The van der Waals surface area contributed by atoms with Crippen LogP contribution in [0.3, 0.4) is 0 Å². The third kappa shape index (κ3) is 3.98. The van der Waals surface area contributed by atoms with Crippen LogP contribution >= 0.6 is 0 Å². The fourth-order valence-electron chi connectivity index (χ4n) is 2.67. The van der Waals surface area contributed by atoms with Crippen LogP contribution in [0.1, 0.15) is 31.7 Å². The summed E-state index contributed by atoms with van der Waals surface area (Å²) >= 11 is 0. The van der Waals surface area contributed by atoms with Crippen molar-refractivity contribution in [2.45, 2.75) is 38.8 Å². The van der Waals surface area contributed by atoms with Gasteiger partial charge in [0.1, 0.15) is 11.6 Å². The van der Waals surface area contributed by atoms with Crippen molar-refractivity contribution >= 4 is 0 Å². The first kappa shape index (κ1) is 14.4. The molecule has 1 heterocycles. The smallest absolute Gasteiger partial charge is 0.130 e. The van der Waals surface area contributed by atoms with Crippen LogP contribution in [0.4, 0.5) is 8.78 Å². The minimum absolute atomic E-state index is 0.194. The van der Waals surface area contributed by atoms with Gasteiger partial charge in [0.25, 0.3) is 0 Å². The number of rotatable bonds is 4. The van der Waals surface area contributed by atoms with Crippen molar-refractivity contribution in [2.24, 2.45) is 0 Å². The lowest BCUT2D eigenvalue weighted by Crippen LogP contribution is -2.37. The first-order valence-electron chi connectivity index (χ1n) is 7.09. The Balaban J connectivity index is 2.04. The van der Waals surface area contributed by atoms with Gasteiger partial charge < -0.3 is 5.32 Å². The van der Waals surface area contributed by atoms with E-state index < -0.39 is 11.6 Å². The second kappa shape index (κ2) is 6.96. The summed E-state index contributed by atoms with van der Waals surface area (Å²) in [6.07, 6.45) is 3.26. The molecule has 2 rings (SSSR count). The standard InChI is InChI=1S/C15H22F2N2/c1-2-5-12-10-19(9-4-8-18-12)11-13-14(16)6-3-7-15(13)17/h3,6-7,12,18H,2,4-5,8-11H2,1H3. The Hall–Kier alpha value is -1.00. The van der Waals surface area contributed by atoms with Gasteiger partial charge in [-0.15, -0.1) is 0 Å². The Morgan fingerprint density at radius 1 is 1.32 bits per heavy atom. The molecule has 1 aromatic rings. The third-order valence-corrected chi connectivity index (χ3v) is 3.64. The summed E-state index contributed by atoms with van der Waals surface area (Å²) in [6.45, 7) is 5.26. The molecule has 0 radical (unpaired) electrons. The Morgan fingerprint density at radius 3 is 2.74 bits per heavy atom. The summed E-state index contributed by atoms with van der Waals surface area (Å²) in [5.74, 6) is -0.881. The van der Waals surface area contributed by atoms with Gasteiger partial charge in [0, 0.05) is 24.7 Å². The van der Waals surface area contributed by atoms with E-state index in [1.807, 2.05) is 0 Å². The summed E-state index contributed by atoms with van der Waals surface area (Å²) < 4.78 is 27.3. The third-order valence-electron chi connectivity index (χ3n) is 3.64. The van der Waals surface area contributed by atoms with Crippen LogP contribution in [-0.2, 0) is 6.54 Å². The van der Waals surface area contributed by atoms with E-state index in [2.05, 4.69) is 17.1 Å². The molecule has 19 heavy (non-hydrogen) atoms. The second-order valence-corrected chi connectivity index (χ2v) is 5.23. The molecule has 1 fully saturated rings. The molecule has 1 saturated heterocycles. The number of benzene rings is 1. The van der Waals surface area contributed by atoms with Crippen LogP contribution in [0.15, 0.2) is 18.2 Å². The predicted molar refractivity (Wildman–Crippen MR) is 73.0 cm³/mol. The minimum Gasteiger partial charge on any atom is -0.313 e. The molecule has 0 aliphatic carbocycles. The summed E-state index contributed by atoms with van der Waals surface area (Å²) in [4.78, 5) is 2.15. The number of hydrogen-bond donors (Lipinski definition) is 1. The molecule has 1 N–H and O–H groups in total. The SMILES string of the molecule is CCCC1CN(Cc2c(F)cccc2F)CCCN1. The van der Waals surface area contributed by atoms with Gasteiger partial charge in [-0.05, 0) is 38.1 Å². The van der Waals surface area contributed by atoms with E-state index in [1.54, 1.807) is 0 Å². The fourth-order valence-corrected chi connectivity index (χ4v) is 2.67. The maximum absolute atomic E-state index is 13.7. The molecule has 2 nitrogen and oxygen atoms in total. The number of halogens is 2. The summed E-state index contributed by atoms with van der Waals surface area (Å²) in [7, 11) is 0. The van der Waals surface area contributed by atoms with Crippen molar-refractivity contribution in [1.29, 1.82) is 0 Å².